The highest BCUT2D eigenvalue weighted by atomic mass is 19.4. The summed E-state index contributed by atoms with van der Waals surface area (Å²) in [5, 5.41) is 4.79. The summed E-state index contributed by atoms with van der Waals surface area (Å²) in [7, 11) is 3.70. The lowest BCUT2D eigenvalue weighted by Gasteiger charge is -2.62. The molecule has 8 fully saturated rings. The van der Waals surface area contributed by atoms with Crippen molar-refractivity contribution in [1.29, 1.82) is 0 Å². The number of hydrazine groups is 1. The van der Waals surface area contributed by atoms with Crippen LogP contribution in [0.5, 0.6) is 5.75 Å². The molecule has 8 aliphatic rings. The third kappa shape index (κ3) is 9.99. The van der Waals surface area contributed by atoms with Crippen LogP contribution in [-0.2, 0) is 31.8 Å². The summed E-state index contributed by atoms with van der Waals surface area (Å²) in [6.07, 6.45) is 12.8. The SMILES string of the molecule is COCC12CCC(C)CC1CCC1C2CC[C@@]2(C)C1CC[C@@H]2C(=O)CN(N)c1cccc(OC(F)(F)F)c1N.COC[C@]12CC[C@H](C)CC1CC[C@@H]1C2CC[C@@]2(C)C1CC[C@@H]2C(=O)Cn1ccc(C(F)(F)F)n1. The number of alkyl halides is 6. The molecule has 1 heterocycles. The molecule has 8 saturated carbocycles. The number of anilines is 2. The van der Waals surface area contributed by atoms with Crippen molar-refractivity contribution in [1.82, 2.24) is 9.78 Å². The number of hydrogen-bond acceptors (Lipinski definition) is 9. The molecule has 16 atom stereocenters. The van der Waals surface area contributed by atoms with Crippen LogP contribution in [0.4, 0.5) is 37.7 Å². The first-order chi connectivity index (χ1) is 34.5. The zero-order valence-electron chi connectivity index (χ0n) is 44.2. The second-order valence-electron chi connectivity index (χ2n) is 25.4. The number of para-hydroxylation sites is 1. The van der Waals surface area contributed by atoms with Crippen molar-refractivity contribution in [2.24, 2.45) is 98.5 Å². The molecule has 0 aliphatic heterocycles. The Morgan fingerprint density at radius 3 is 1.70 bits per heavy atom. The van der Waals surface area contributed by atoms with Gasteiger partial charge in [-0.3, -0.25) is 14.3 Å². The van der Waals surface area contributed by atoms with E-state index in [-0.39, 0.29) is 69.5 Å². The molecule has 2 aromatic rings. The lowest BCUT2D eigenvalue weighted by atomic mass is 9.44. The molecule has 0 radical (unpaired) electrons. The predicted octanol–water partition coefficient (Wildman–Crippen LogP) is 12.7. The zero-order valence-corrected chi connectivity index (χ0v) is 44.2. The Kier molecular flexibility index (Phi) is 15.3. The standard InChI is InChI=1S/C30H44F3N3O3.C27H39F3N2O2/c1-18-11-14-29(17-38-3)19(15-18)7-8-20-21-9-10-23(28(21,2)13-12-22(20)29)25(37)16-36(35)24-5-4-6-26(27(24)34)39-30(31,32)33;1-17-8-12-26(16-34-3)18(14-17)4-5-19-20-6-7-22(25(20,2)11-9-21(19)26)23(33)15-32-13-10-24(31-32)27(28,29)30/h4-6,18-23H,7-17,34-35H2,1-3H3;10,13,17-22H,4-9,11-12,14-16H2,1-3H3/t18?,19?,20?,21?,22?,23-,28+,29?;17-,18?,19-,20?,21?,22+,25-,26+/m10/s1. The highest BCUT2D eigenvalue weighted by Crippen LogP contribution is 2.70. The average molecular weight is 1030 g/mol. The van der Waals surface area contributed by atoms with Crippen molar-refractivity contribution in [3.8, 4) is 5.75 Å². The Morgan fingerprint density at radius 1 is 0.699 bits per heavy atom. The Morgan fingerprint density at radius 2 is 1.22 bits per heavy atom. The fourth-order valence-corrected chi connectivity index (χ4v) is 18.9. The molecule has 1 aromatic heterocycles. The molecular formula is C57H83F6N5O5. The maximum absolute atomic E-state index is 13.7. The van der Waals surface area contributed by atoms with Gasteiger partial charge in [-0.25, -0.2) is 5.84 Å². The minimum atomic E-state index is -4.87. The lowest BCUT2D eigenvalue weighted by molar-refractivity contribution is -0.274. The van der Waals surface area contributed by atoms with Gasteiger partial charge in [0.1, 0.15) is 0 Å². The first-order valence-electron chi connectivity index (χ1n) is 27.8. The molecule has 8 aliphatic carbocycles. The summed E-state index contributed by atoms with van der Waals surface area (Å²) in [6.45, 7) is 10.9. The highest BCUT2D eigenvalue weighted by Gasteiger charge is 2.64. The number of nitrogens with two attached hydrogens (primary N) is 2. The Balaban J connectivity index is 0.000000181. The van der Waals surface area contributed by atoms with Crippen LogP contribution in [0.1, 0.15) is 149 Å². The zero-order chi connectivity index (χ0) is 52.5. The molecule has 10 nitrogen and oxygen atoms in total. The van der Waals surface area contributed by atoms with Gasteiger partial charge in [0.2, 0.25) is 0 Å². The first-order valence-corrected chi connectivity index (χ1v) is 27.8. The van der Waals surface area contributed by atoms with Crippen molar-refractivity contribution >= 4 is 22.9 Å². The number of nitrogen functional groups attached to an aromatic ring is 1. The van der Waals surface area contributed by atoms with E-state index in [0.717, 1.165) is 100 Å². The molecule has 0 saturated heterocycles. The Bertz CT molecular complexity index is 2290. The van der Waals surface area contributed by atoms with E-state index >= 15 is 0 Å². The van der Waals surface area contributed by atoms with Crippen LogP contribution >= 0.6 is 0 Å². The summed E-state index contributed by atoms with van der Waals surface area (Å²) >= 11 is 0. The van der Waals surface area contributed by atoms with Crippen LogP contribution < -0.4 is 21.3 Å². The van der Waals surface area contributed by atoms with E-state index < -0.39 is 24.0 Å². The number of halogens is 6. The minimum absolute atomic E-state index is 0.0364. The third-order valence-corrected chi connectivity index (χ3v) is 22.0. The van der Waals surface area contributed by atoms with Crippen molar-refractivity contribution < 1.29 is 50.1 Å². The van der Waals surface area contributed by atoms with Gasteiger partial charge in [-0.15, -0.1) is 13.2 Å². The molecule has 0 spiro atoms. The van der Waals surface area contributed by atoms with Gasteiger partial charge in [-0.2, -0.15) is 18.3 Å². The molecule has 408 valence electrons. The summed E-state index contributed by atoms with van der Waals surface area (Å²) in [4.78, 5) is 27.1. The maximum Gasteiger partial charge on any atom is 0.573 e. The summed E-state index contributed by atoms with van der Waals surface area (Å²) in [6, 6.07) is 5.00. The van der Waals surface area contributed by atoms with E-state index in [1.807, 2.05) is 14.2 Å². The van der Waals surface area contributed by atoms with E-state index in [0.29, 0.717) is 35.5 Å². The fraction of sp³-hybridized carbons (Fsp3) is 0.807. The van der Waals surface area contributed by atoms with Gasteiger partial charge in [-0.05, 0) is 202 Å². The first kappa shape index (κ1) is 54.4. The van der Waals surface area contributed by atoms with Gasteiger partial charge < -0.3 is 25.0 Å². The number of ketones is 2. The monoisotopic (exact) mass is 1030 g/mol. The van der Waals surface area contributed by atoms with Crippen LogP contribution in [0.25, 0.3) is 0 Å². The quantitative estimate of drug-likeness (QED) is 0.0922. The topological polar surface area (TPSA) is 135 Å². The van der Waals surface area contributed by atoms with Crippen LogP contribution in [0.2, 0.25) is 0 Å². The number of fused-ring (bicyclic) bond motifs is 10. The molecule has 9 unspecified atom stereocenters. The van der Waals surface area contributed by atoms with Crippen LogP contribution in [0.3, 0.4) is 0 Å². The van der Waals surface area contributed by atoms with E-state index in [9.17, 15) is 35.9 Å². The van der Waals surface area contributed by atoms with E-state index in [4.69, 9.17) is 21.1 Å². The van der Waals surface area contributed by atoms with Crippen molar-refractivity contribution in [3.63, 3.8) is 0 Å². The van der Waals surface area contributed by atoms with Gasteiger partial charge in [0.15, 0.2) is 23.0 Å². The van der Waals surface area contributed by atoms with Gasteiger partial charge in [-0.1, -0.05) is 46.6 Å². The Hall–Kier alpha value is -3.37. The highest BCUT2D eigenvalue weighted by molar-refractivity contribution is 5.88. The molecule has 0 bridgehead atoms. The normalized spacial score (nSPS) is 39.8. The van der Waals surface area contributed by atoms with Gasteiger partial charge in [0, 0.05) is 32.3 Å². The molecule has 10 rings (SSSR count). The van der Waals surface area contributed by atoms with Gasteiger partial charge in [0.25, 0.3) is 0 Å². The smallest absolute Gasteiger partial charge is 0.403 e. The van der Waals surface area contributed by atoms with E-state index in [2.05, 4.69) is 37.5 Å². The third-order valence-electron chi connectivity index (χ3n) is 22.0. The second-order valence-corrected chi connectivity index (χ2v) is 25.4. The molecule has 0 amide bonds. The van der Waals surface area contributed by atoms with Crippen LogP contribution in [0.15, 0.2) is 30.5 Å². The number of nitrogens with zero attached hydrogens (tertiary/aromatic N) is 3. The molecule has 16 heteroatoms. The maximum atomic E-state index is 13.7. The van der Waals surface area contributed by atoms with Crippen molar-refractivity contribution in [2.45, 2.75) is 162 Å². The number of carbonyl (C=O) groups is 2. The summed E-state index contributed by atoms with van der Waals surface area (Å²) < 4.78 is 94.1. The molecular weight excluding hydrogens is 949 g/mol. The fourth-order valence-electron chi connectivity index (χ4n) is 18.9. The summed E-state index contributed by atoms with van der Waals surface area (Å²) in [5.74, 6) is 12.3. The second kappa shape index (κ2) is 20.5. The number of methoxy groups -OCH3 is 2. The predicted molar refractivity (Wildman–Crippen MR) is 267 cm³/mol. The molecule has 4 N–H and O–H groups in total. The van der Waals surface area contributed by atoms with Crippen LogP contribution in [-0.4, -0.2) is 61.7 Å². The number of aromatic nitrogens is 2. The number of benzene rings is 1. The minimum Gasteiger partial charge on any atom is -0.403 e. The number of ether oxygens (including phenoxy) is 3. The number of hydrogen-bond donors (Lipinski definition) is 2. The van der Waals surface area contributed by atoms with Crippen molar-refractivity contribution in [3.05, 3.63) is 36.2 Å². The Labute approximate surface area is 429 Å². The number of rotatable bonds is 12. The molecule has 1 aromatic carbocycles. The average Bonchev–Trinajstić information content (AvgIpc) is 4.05. The molecule has 73 heavy (non-hydrogen) atoms. The lowest BCUT2D eigenvalue weighted by Crippen LogP contribution is -2.56. The van der Waals surface area contributed by atoms with Crippen molar-refractivity contribution in [2.75, 3.05) is 44.7 Å². The van der Waals surface area contributed by atoms with E-state index in [1.165, 1.54) is 92.2 Å². The number of carbonyl (C=O) groups excluding carboxylic acids is 2. The van der Waals surface area contributed by atoms with E-state index in [1.54, 1.807) is 0 Å². The van der Waals surface area contributed by atoms with Gasteiger partial charge >= 0.3 is 12.5 Å². The summed E-state index contributed by atoms with van der Waals surface area (Å²) in [5.41, 5.74) is 5.36. The van der Waals surface area contributed by atoms with Gasteiger partial charge in [0.05, 0.1) is 37.7 Å². The number of Topliss-reactive ketones (excluding diaryl/α,β-unsaturated/α-hetero) is 2. The van der Waals surface area contributed by atoms with Crippen LogP contribution in [0, 0.1) is 92.7 Å². The largest absolute Gasteiger partial charge is 0.573 e.